The first-order valence-corrected chi connectivity index (χ1v) is 16.8. The summed E-state index contributed by atoms with van der Waals surface area (Å²) >= 11 is 9.97. The number of nitrogens with zero attached hydrogens (tertiary/aromatic N) is 2. The van der Waals surface area contributed by atoms with Gasteiger partial charge in [-0.2, -0.15) is 0 Å². The normalized spacial score (nSPS) is 12.0. The fraction of sp³-hybridized carbons (Fsp3) is 0.235. The average molecular weight is 697 g/mol. The summed E-state index contributed by atoms with van der Waals surface area (Å²) in [4.78, 5) is 29.8. The maximum atomic E-state index is 14.5. The van der Waals surface area contributed by atoms with Crippen LogP contribution in [0, 0.1) is 5.92 Å². The number of halogens is 2. The van der Waals surface area contributed by atoms with E-state index in [1.54, 1.807) is 60.7 Å². The predicted molar refractivity (Wildman–Crippen MR) is 179 cm³/mol. The summed E-state index contributed by atoms with van der Waals surface area (Å²) in [6.45, 7) is 3.86. The first-order valence-electron chi connectivity index (χ1n) is 14.2. The molecule has 0 aromatic heterocycles. The van der Waals surface area contributed by atoms with E-state index in [0.717, 1.165) is 9.87 Å². The Hall–Kier alpha value is -3.66. The van der Waals surface area contributed by atoms with E-state index in [1.807, 2.05) is 50.2 Å². The third kappa shape index (κ3) is 8.71. The van der Waals surface area contributed by atoms with Crippen molar-refractivity contribution in [3.05, 3.63) is 130 Å². The molecule has 2 amide bonds. The third-order valence-electron chi connectivity index (χ3n) is 6.96. The molecule has 7 nitrogen and oxygen atoms in total. The minimum Gasteiger partial charge on any atom is -0.354 e. The number of rotatable bonds is 13. The molecule has 0 spiro atoms. The molecule has 44 heavy (non-hydrogen) atoms. The molecule has 0 fully saturated rings. The number of sulfonamides is 1. The minimum atomic E-state index is -4.17. The number of hydrogen-bond donors (Lipinski definition) is 1. The van der Waals surface area contributed by atoms with Gasteiger partial charge in [0.2, 0.25) is 11.8 Å². The van der Waals surface area contributed by atoms with Crippen molar-refractivity contribution in [1.29, 1.82) is 0 Å². The van der Waals surface area contributed by atoms with Crippen LogP contribution in [0.4, 0.5) is 5.69 Å². The fourth-order valence-corrected chi connectivity index (χ4v) is 6.68. The van der Waals surface area contributed by atoms with E-state index in [4.69, 9.17) is 11.6 Å². The van der Waals surface area contributed by atoms with Crippen LogP contribution in [0.2, 0.25) is 5.02 Å². The van der Waals surface area contributed by atoms with Crippen molar-refractivity contribution in [1.82, 2.24) is 10.2 Å². The molecular formula is C34H35BrClN3O4S. The Labute approximate surface area is 273 Å². The molecule has 1 N–H and O–H groups in total. The fourth-order valence-electron chi connectivity index (χ4n) is 4.67. The van der Waals surface area contributed by atoms with Crippen molar-refractivity contribution >= 4 is 55.1 Å². The zero-order valence-corrected chi connectivity index (χ0v) is 27.7. The second-order valence-electron chi connectivity index (χ2n) is 10.8. The van der Waals surface area contributed by atoms with Gasteiger partial charge in [0.25, 0.3) is 10.0 Å². The van der Waals surface area contributed by atoms with Gasteiger partial charge in [-0.1, -0.05) is 114 Å². The first-order chi connectivity index (χ1) is 21.1. The quantitative estimate of drug-likeness (QED) is 0.168. The molecule has 0 saturated carbocycles. The van der Waals surface area contributed by atoms with E-state index in [2.05, 4.69) is 21.2 Å². The van der Waals surface area contributed by atoms with Crippen LogP contribution in [-0.2, 0) is 32.6 Å². The van der Waals surface area contributed by atoms with Crippen molar-refractivity contribution in [3.8, 4) is 0 Å². The van der Waals surface area contributed by atoms with Crippen LogP contribution in [0.5, 0.6) is 0 Å². The summed E-state index contributed by atoms with van der Waals surface area (Å²) in [5.41, 5.74) is 1.80. The number of carbonyl (C=O) groups excluding carboxylic acids is 2. The summed E-state index contributed by atoms with van der Waals surface area (Å²) < 4.78 is 29.8. The lowest BCUT2D eigenvalue weighted by molar-refractivity contribution is -0.140. The Morgan fingerprint density at radius 1 is 0.864 bits per heavy atom. The minimum absolute atomic E-state index is 0.00279. The second kappa shape index (κ2) is 15.4. The predicted octanol–water partition coefficient (Wildman–Crippen LogP) is 6.71. The summed E-state index contributed by atoms with van der Waals surface area (Å²) in [7, 11) is -4.17. The molecule has 0 aliphatic rings. The molecule has 10 heteroatoms. The molecule has 4 aromatic carbocycles. The van der Waals surface area contributed by atoms with E-state index in [-0.39, 0.29) is 29.7 Å². The number of nitrogens with one attached hydrogen (secondary N) is 1. The molecule has 4 aromatic rings. The van der Waals surface area contributed by atoms with Gasteiger partial charge in [0.1, 0.15) is 12.6 Å². The molecular weight excluding hydrogens is 662 g/mol. The zero-order chi connectivity index (χ0) is 31.7. The highest BCUT2D eigenvalue weighted by Gasteiger charge is 2.35. The highest BCUT2D eigenvalue weighted by molar-refractivity contribution is 9.10. The van der Waals surface area contributed by atoms with Crippen molar-refractivity contribution in [2.75, 3.05) is 17.4 Å². The SMILES string of the molecule is CC(C)CNC(=O)C(Cc1ccccc1)N(Cc1ccccc1Cl)C(=O)CN(c1cccc(Br)c1)S(=O)(=O)c1ccccc1. The number of amides is 2. The van der Waals surface area contributed by atoms with Crippen molar-refractivity contribution in [2.45, 2.75) is 37.8 Å². The van der Waals surface area contributed by atoms with E-state index < -0.39 is 28.5 Å². The molecule has 0 bridgehead atoms. The monoisotopic (exact) mass is 695 g/mol. The molecule has 0 aliphatic carbocycles. The molecule has 4 rings (SSSR count). The Morgan fingerprint density at radius 3 is 2.14 bits per heavy atom. The van der Waals surface area contributed by atoms with Gasteiger partial charge in [0.15, 0.2) is 0 Å². The van der Waals surface area contributed by atoms with Gasteiger partial charge in [-0.25, -0.2) is 8.42 Å². The topological polar surface area (TPSA) is 86.8 Å². The Kier molecular flexibility index (Phi) is 11.6. The largest absolute Gasteiger partial charge is 0.354 e. The van der Waals surface area contributed by atoms with E-state index >= 15 is 0 Å². The van der Waals surface area contributed by atoms with Crippen molar-refractivity contribution < 1.29 is 18.0 Å². The van der Waals surface area contributed by atoms with Gasteiger partial charge in [0.05, 0.1) is 10.6 Å². The second-order valence-corrected chi connectivity index (χ2v) is 13.9. The highest BCUT2D eigenvalue weighted by Crippen LogP contribution is 2.28. The van der Waals surface area contributed by atoms with E-state index in [1.165, 1.54) is 17.0 Å². The standard InChI is InChI=1S/C34H35BrClN3O4S/c1-25(2)22-37-34(41)32(20-26-12-5-3-6-13-26)38(23-27-14-9-10-19-31(27)36)33(40)24-39(29-16-11-15-28(35)21-29)44(42,43)30-17-7-4-8-18-30/h3-19,21,25,32H,20,22-24H2,1-2H3,(H,37,41). The van der Waals surface area contributed by atoms with Crippen molar-refractivity contribution in [2.24, 2.45) is 5.92 Å². The maximum absolute atomic E-state index is 14.5. The summed E-state index contributed by atoms with van der Waals surface area (Å²) in [6.07, 6.45) is 0.225. The summed E-state index contributed by atoms with van der Waals surface area (Å²) in [5.74, 6) is -0.694. The Bertz CT molecular complexity index is 1670. The summed E-state index contributed by atoms with van der Waals surface area (Å²) in [6, 6.07) is 30.3. The van der Waals surface area contributed by atoms with Crippen LogP contribution in [0.25, 0.3) is 0 Å². The molecule has 0 saturated heterocycles. The third-order valence-corrected chi connectivity index (χ3v) is 9.61. The molecule has 230 valence electrons. The maximum Gasteiger partial charge on any atom is 0.264 e. The van der Waals surface area contributed by atoms with Gasteiger partial charge in [-0.3, -0.25) is 13.9 Å². The van der Waals surface area contributed by atoms with Crippen LogP contribution < -0.4 is 9.62 Å². The number of carbonyl (C=O) groups is 2. The first kappa shape index (κ1) is 33.2. The average Bonchev–Trinajstić information content (AvgIpc) is 3.02. The van der Waals surface area contributed by atoms with Crippen LogP contribution >= 0.6 is 27.5 Å². The molecule has 0 heterocycles. The Balaban J connectivity index is 1.80. The summed E-state index contributed by atoms with van der Waals surface area (Å²) in [5, 5.41) is 3.42. The number of benzene rings is 4. The van der Waals surface area contributed by atoms with E-state index in [9.17, 15) is 18.0 Å². The van der Waals surface area contributed by atoms with Gasteiger partial charge < -0.3 is 10.2 Å². The van der Waals surface area contributed by atoms with Gasteiger partial charge in [-0.05, 0) is 53.4 Å². The molecule has 0 radical (unpaired) electrons. The number of hydrogen-bond acceptors (Lipinski definition) is 4. The van der Waals surface area contributed by atoms with Gasteiger partial charge in [0, 0.05) is 29.0 Å². The van der Waals surface area contributed by atoms with Crippen LogP contribution in [0.1, 0.15) is 25.0 Å². The van der Waals surface area contributed by atoms with E-state index in [0.29, 0.717) is 27.3 Å². The van der Waals surface area contributed by atoms with Crippen LogP contribution in [0.15, 0.2) is 119 Å². The molecule has 1 unspecified atom stereocenters. The van der Waals surface area contributed by atoms with Crippen LogP contribution in [-0.4, -0.2) is 44.3 Å². The molecule has 1 atom stereocenters. The molecule has 0 aliphatic heterocycles. The number of anilines is 1. The van der Waals surface area contributed by atoms with Crippen molar-refractivity contribution in [3.63, 3.8) is 0 Å². The van der Waals surface area contributed by atoms with Gasteiger partial charge >= 0.3 is 0 Å². The smallest absolute Gasteiger partial charge is 0.264 e. The lowest BCUT2D eigenvalue weighted by Crippen LogP contribution is -2.53. The van der Waals surface area contributed by atoms with Crippen LogP contribution in [0.3, 0.4) is 0 Å². The lowest BCUT2D eigenvalue weighted by atomic mass is 10.0. The zero-order valence-electron chi connectivity index (χ0n) is 24.6. The lowest BCUT2D eigenvalue weighted by Gasteiger charge is -2.34. The van der Waals surface area contributed by atoms with Gasteiger partial charge in [-0.15, -0.1) is 0 Å². The highest BCUT2D eigenvalue weighted by atomic mass is 79.9. The Morgan fingerprint density at radius 2 is 1.50 bits per heavy atom.